The van der Waals surface area contributed by atoms with Crippen molar-refractivity contribution in [3.63, 3.8) is 0 Å². The van der Waals surface area contributed by atoms with Crippen LogP contribution in [-0.2, 0) is 14.8 Å². The Morgan fingerprint density at radius 3 is 2.62 bits per heavy atom. The highest BCUT2D eigenvalue weighted by molar-refractivity contribution is 7.92. The normalized spacial score (nSPS) is 14.6. The summed E-state index contributed by atoms with van der Waals surface area (Å²) in [6.45, 7) is 0.533. The van der Waals surface area contributed by atoms with Crippen LogP contribution < -0.4 is 14.4 Å². The third-order valence-electron chi connectivity index (χ3n) is 3.99. The van der Waals surface area contributed by atoms with E-state index < -0.39 is 15.8 Å². The van der Waals surface area contributed by atoms with E-state index in [1.54, 1.807) is 6.07 Å². The predicted octanol–water partition coefficient (Wildman–Crippen LogP) is 3.42. The van der Waals surface area contributed by atoms with Gasteiger partial charge in [0.25, 0.3) is 10.0 Å². The fourth-order valence-electron chi connectivity index (χ4n) is 2.73. The van der Waals surface area contributed by atoms with Gasteiger partial charge in [0, 0.05) is 18.7 Å². The Balaban J connectivity index is 1.99. The molecular formula is C17H16ClFN2O4S. The molecule has 9 heteroatoms. The van der Waals surface area contributed by atoms with Crippen molar-refractivity contribution in [3.8, 4) is 5.75 Å². The Bertz CT molecular complexity index is 965. The van der Waals surface area contributed by atoms with Crippen molar-refractivity contribution in [3.05, 3.63) is 47.2 Å². The van der Waals surface area contributed by atoms with Crippen LogP contribution in [-0.4, -0.2) is 28.0 Å². The van der Waals surface area contributed by atoms with E-state index in [4.69, 9.17) is 16.3 Å². The Morgan fingerprint density at radius 2 is 2.00 bits per heavy atom. The highest BCUT2D eigenvalue weighted by Crippen LogP contribution is 2.32. The standard InChI is InChI=1S/C17H16ClFN2O4S/c1-25-15-7-5-12(21-8-2-3-17(21)22)10-16(15)26(23,24)20-11-4-6-14(19)13(18)9-11/h4-7,9-10,20H,2-3,8H2,1H3. The summed E-state index contributed by atoms with van der Waals surface area (Å²) < 4.78 is 46.4. The number of carbonyl (C=O) groups excluding carboxylic acids is 1. The summed E-state index contributed by atoms with van der Waals surface area (Å²) in [5, 5.41) is -0.200. The molecule has 1 aliphatic rings. The van der Waals surface area contributed by atoms with E-state index >= 15 is 0 Å². The van der Waals surface area contributed by atoms with Gasteiger partial charge in [0.05, 0.1) is 17.8 Å². The Morgan fingerprint density at radius 1 is 1.23 bits per heavy atom. The molecule has 2 aromatic carbocycles. The van der Waals surface area contributed by atoms with Gasteiger partial charge < -0.3 is 9.64 Å². The van der Waals surface area contributed by atoms with Crippen LogP contribution in [0.2, 0.25) is 5.02 Å². The van der Waals surface area contributed by atoms with Crippen molar-refractivity contribution in [2.45, 2.75) is 17.7 Å². The van der Waals surface area contributed by atoms with Crippen LogP contribution in [0.4, 0.5) is 15.8 Å². The first kappa shape index (κ1) is 18.5. The number of amides is 1. The number of sulfonamides is 1. The van der Waals surface area contributed by atoms with E-state index in [-0.39, 0.29) is 27.3 Å². The molecule has 2 aromatic rings. The average molecular weight is 399 g/mol. The Kier molecular flexibility index (Phi) is 5.06. The molecule has 1 fully saturated rings. The zero-order valence-electron chi connectivity index (χ0n) is 13.8. The zero-order chi connectivity index (χ0) is 18.9. The molecule has 1 heterocycles. The molecule has 0 radical (unpaired) electrons. The molecule has 0 spiro atoms. The number of halogens is 2. The molecule has 0 saturated carbocycles. The molecular weight excluding hydrogens is 383 g/mol. The fraction of sp³-hybridized carbons (Fsp3) is 0.235. The minimum atomic E-state index is -4.05. The lowest BCUT2D eigenvalue weighted by Crippen LogP contribution is -2.24. The molecule has 1 aliphatic heterocycles. The van der Waals surface area contributed by atoms with Crippen LogP contribution in [0.25, 0.3) is 0 Å². The number of hydrogen-bond donors (Lipinski definition) is 1. The van der Waals surface area contributed by atoms with E-state index in [1.807, 2.05) is 0 Å². The van der Waals surface area contributed by atoms with Crippen molar-refractivity contribution in [2.24, 2.45) is 0 Å². The van der Waals surface area contributed by atoms with Crippen molar-refractivity contribution < 1.29 is 22.3 Å². The lowest BCUT2D eigenvalue weighted by atomic mass is 10.3. The minimum absolute atomic E-state index is 0.0585. The van der Waals surface area contributed by atoms with Gasteiger partial charge in [0.1, 0.15) is 16.5 Å². The maximum Gasteiger partial charge on any atom is 0.265 e. The lowest BCUT2D eigenvalue weighted by Gasteiger charge is -2.18. The molecule has 1 saturated heterocycles. The molecule has 0 aromatic heterocycles. The molecule has 6 nitrogen and oxygen atoms in total. The topological polar surface area (TPSA) is 75.7 Å². The summed E-state index contributed by atoms with van der Waals surface area (Å²) in [5.74, 6) is -0.584. The van der Waals surface area contributed by atoms with Crippen LogP contribution in [0.5, 0.6) is 5.75 Å². The second-order valence-corrected chi connectivity index (χ2v) is 7.78. The van der Waals surface area contributed by atoms with E-state index in [9.17, 15) is 17.6 Å². The molecule has 0 bridgehead atoms. The van der Waals surface area contributed by atoms with Crippen LogP contribution in [0, 0.1) is 5.82 Å². The highest BCUT2D eigenvalue weighted by Gasteiger charge is 2.26. The Hall–Kier alpha value is -2.32. The number of rotatable bonds is 5. The first-order valence-corrected chi connectivity index (χ1v) is 9.64. The number of methoxy groups -OCH3 is 1. The number of nitrogens with zero attached hydrogens (tertiary/aromatic N) is 1. The van der Waals surface area contributed by atoms with E-state index in [2.05, 4.69) is 4.72 Å². The number of anilines is 2. The van der Waals surface area contributed by atoms with Crippen molar-refractivity contribution in [1.82, 2.24) is 0 Å². The van der Waals surface area contributed by atoms with E-state index in [0.29, 0.717) is 18.7 Å². The third kappa shape index (κ3) is 3.61. The van der Waals surface area contributed by atoms with Gasteiger partial charge in [-0.25, -0.2) is 12.8 Å². The quantitative estimate of drug-likeness (QED) is 0.837. The molecule has 26 heavy (non-hydrogen) atoms. The average Bonchev–Trinajstić information content (AvgIpc) is 3.03. The summed E-state index contributed by atoms with van der Waals surface area (Å²) in [5.41, 5.74) is 0.590. The third-order valence-corrected chi connectivity index (χ3v) is 5.69. The van der Waals surface area contributed by atoms with E-state index in [1.165, 1.54) is 36.3 Å². The van der Waals surface area contributed by atoms with Crippen molar-refractivity contribution in [2.75, 3.05) is 23.3 Å². The number of ether oxygens (including phenoxy) is 1. The first-order valence-electron chi connectivity index (χ1n) is 7.78. The largest absolute Gasteiger partial charge is 0.495 e. The summed E-state index contributed by atoms with van der Waals surface area (Å²) >= 11 is 5.70. The first-order chi connectivity index (χ1) is 12.3. The molecule has 0 unspecified atom stereocenters. The monoisotopic (exact) mass is 398 g/mol. The lowest BCUT2D eigenvalue weighted by molar-refractivity contribution is -0.117. The molecule has 1 N–H and O–H groups in total. The number of hydrogen-bond acceptors (Lipinski definition) is 4. The zero-order valence-corrected chi connectivity index (χ0v) is 15.4. The number of nitrogens with one attached hydrogen (secondary N) is 1. The van der Waals surface area contributed by atoms with Gasteiger partial charge in [-0.15, -0.1) is 0 Å². The van der Waals surface area contributed by atoms with Gasteiger partial charge >= 0.3 is 0 Å². The summed E-state index contributed by atoms with van der Waals surface area (Å²) in [6, 6.07) is 8.02. The fourth-order valence-corrected chi connectivity index (χ4v) is 4.15. The molecule has 0 aliphatic carbocycles. The summed E-state index contributed by atoms with van der Waals surface area (Å²) in [7, 11) is -2.70. The Labute approximate surface area is 155 Å². The van der Waals surface area contributed by atoms with E-state index in [0.717, 1.165) is 12.5 Å². The molecule has 0 atom stereocenters. The summed E-state index contributed by atoms with van der Waals surface area (Å²) in [4.78, 5) is 13.3. The maximum atomic E-state index is 13.3. The molecule has 138 valence electrons. The van der Waals surface area contributed by atoms with Crippen molar-refractivity contribution >= 4 is 38.9 Å². The van der Waals surface area contributed by atoms with Gasteiger partial charge in [-0.2, -0.15) is 0 Å². The number of benzene rings is 2. The number of carbonyl (C=O) groups is 1. The van der Waals surface area contributed by atoms with Gasteiger partial charge in [-0.1, -0.05) is 11.6 Å². The van der Waals surface area contributed by atoms with Crippen LogP contribution in [0.15, 0.2) is 41.3 Å². The second-order valence-electron chi connectivity index (χ2n) is 5.72. The van der Waals surface area contributed by atoms with Gasteiger partial charge in [-0.3, -0.25) is 9.52 Å². The van der Waals surface area contributed by atoms with Crippen LogP contribution >= 0.6 is 11.6 Å². The smallest absolute Gasteiger partial charge is 0.265 e. The predicted molar refractivity (Wildman–Crippen MR) is 96.8 cm³/mol. The highest BCUT2D eigenvalue weighted by atomic mass is 35.5. The molecule has 3 rings (SSSR count). The van der Waals surface area contributed by atoms with Gasteiger partial charge in [0.15, 0.2) is 0 Å². The van der Waals surface area contributed by atoms with Crippen molar-refractivity contribution in [1.29, 1.82) is 0 Å². The van der Waals surface area contributed by atoms with Gasteiger partial charge in [0.2, 0.25) is 5.91 Å². The SMILES string of the molecule is COc1ccc(N2CCCC2=O)cc1S(=O)(=O)Nc1ccc(F)c(Cl)c1. The maximum absolute atomic E-state index is 13.3. The van der Waals surface area contributed by atoms with Crippen LogP contribution in [0.3, 0.4) is 0 Å². The van der Waals surface area contributed by atoms with Crippen LogP contribution in [0.1, 0.15) is 12.8 Å². The minimum Gasteiger partial charge on any atom is -0.495 e. The molecule has 1 amide bonds. The summed E-state index contributed by atoms with van der Waals surface area (Å²) in [6.07, 6.45) is 1.15. The van der Waals surface area contributed by atoms with Gasteiger partial charge in [-0.05, 0) is 42.8 Å². The second kappa shape index (κ2) is 7.13.